The van der Waals surface area contributed by atoms with Crippen LogP contribution in [0.1, 0.15) is 55.5 Å². The molecule has 192 valence electrons. The van der Waals surface area contributed by atoms with E-state index in [9.17, 15) is 14.4 Å². The van der Waals surface area contributed by atoms with Crippen molar-refractivity contribution in [3.05, 3.63) is 53.6 Å². The van der Waals surface area contributed by atoms with Crippen LogP contribution in [0.15, 0.2) is 42.5 Å². The molecule has 0 saturated carbocycles. The molecule has 8 heteroatoms. The molecule has 1 unspecified atom stereocenters. The minimum absolute atomic E-state index is 0.0627. The fourth-order valence-corrected chi connectivity index (χ4v) is 4.66. The first-order chi connectivity index (χ1) is 17.5. The third kappa shape index (κ3) is 5.98. The van der Waals surface area contributed by atoms with E-state index < -0.39 is 12.1 Å². The Labute approximate surface area is 212 Å². The summed E-state index contributed by atoms with van der Waals surface area (Å²) < 4.78 is 16.9. The lowest BCUT2D eigenvalue weighted by molar-refractivity contribution is -0.134. The maximum atomic E-state index is 13.1. The molecule has 2 amide bonds. The standard InChI is InChI=1S/C28H34N2O6/c1-3-34-25-18-22(13-14-24(25)35-19-26(31)29-15-7-4-8-16-29)28(33)36-20(2)27(32)30-17-9-11-21-10-5-6-12-23(21)30/h5-6,10,12-14,18,20H,3-4,7-9,11,15-17,19H2,1-2H3. The number of likely N-dealkylation sites (tertiary alicyclic amines) is 1. The van der Waals surface area contributed by atoms with E-state index in [1.807, 2.05) is 36.1 Å². The topological polar surface area (TPSA) is 85.4 Å². The molecule has 2 heterocycles. The summed E-state index contributed by atoms with van der Waals surface area (Å²) in [7, 11) is 0. The molecule has 1 saturated heterocycles. The zero-order valence-corrected chi connectivity index (χ0v) is 21.0. The van der Waals surface area contributed by atoms with Crippen LogP contribution in [0.25, 0.3) is 0 Å². The zero-order valence-electron chi connectivity index (χ0n) is 21.0. The minimum Gasteiger partial charge on any atom is -0.490 e. The highest BCUT2D eigenvalue weighted by Gasteiger charge is 2.29. The highest BCUT2D eigenvalue weighted by molar-refractivity contribution is 6.00. The fourth-order valence-electron chi connectivity index (χ4n) is 4.66. The molecule has 0 radical (unpaired) electrons. The number of nitrogens with zero attached hydrogens (tertiary/aromatic N) is 2. The van der Waals surface area contributed by atoms with E-state index in [2.05, 4.69) is 0 Å². The summed E-state index contributed by atoms with van der Waals surface area (Å²) in [6.07, 6.45) is 4.01. The number of benzene rings is 2. The minimum atomic E-state index is -0.947. The van der Waals surface area contributed by atoms with Gasteiger partial charge in [0.15, 0.2) is 24.2 Å². The monoisotopic (exact) mass is 494 g/mol. The number of hydrogen-bond acceptors (Lipinski definition) is 6. The van der Waals surface area contributed by atoms with Crippen molar-refractivity contribution in [3.8, 4) is 11.5 Å². The van der Waals surface area contributed by atoms with E-state index in [4.69, 9.17) is 14.2 Å². The predicted molar refractivity (Wildman–Crippen MR) is 136 cm³/mol. The third-order valence-corrected chi connectivity index (χ3v) is 6.55. The summed E-state index contributed by atoms with van der Waals surface area (Å²) in [5.74, 6) is -0.211. The van der Waals surface area contributed by atoms with Crippen molar-refractivity contribution in [1.82, 2.24) is 4.90 Å². The van der Waals surface area contributed by atoms with Gasteiger partial charge in [0.05, 0.1) is 12.2 Å². The maximum absolute atomic E-state index is 13.1. The van der Waals surface area contributed by atoms with Gasteiger partial charge >= 0.3 is 5.97 Å². The molecule has 0 aliphatic carbocycles. The number of esters is 1. The molecule has 8 nitrogen and oxygen atoms in total. The Bertz CT molecular complexity index is 1100. The van der Waals surface area contributed by atoms with Gasteiger partial charge in [-0.15, -0.1) is 0 Å². The maximum Gasteiger partial charge on any atom is 0.339 e. The highest BCUT2D eigenvalue weighted by Crippen LogP contribution is 2.30. The Morgan fingerprint density at radius 3 is 2.47 bits per heavy atom. The van der Waals surface area contributed by atoms with Crippen LogP contribution >= 0.6 is 0 Å². The molecule has 0 N–H and O–H groups in total. The molecule has 1 fully saturated rings. The normalized spacial score (nSPS) is 16.1. The van der Waals surface area contributed by atoms with E-state index in [0.29, 0.717) is 24.7 Å². The number of rotatable bonds is 8. The number of carbonyl (C=O) groups excluding carboxylic acids is 3. The zero-order chi connectivity index (χ0) is 25.5. The number of anilines is 1. The van der Waals surface area contributed by atoms with Crippen LogP contribution in [0.3, 0.4) is 0 Å². The second-order valence-electron chi connectivity index (χ2n) is 9.09. The predicted octanol–water partition coefficient (Wildman–Crippen LogP) is 4.00. The van der Waals surface area contributed by atoms with Crippen LogP contribution in [0, 0.1) is 0 Å². The van der Waals surface area contributed by atoms with Gasteiger partial charge in [-0.3, -0.25) is 9.59 Å². The molecule has 1 atom stereocenters. The molecular formula is C28H34N2O6. The van der Waals surface area contributed by atoms with Gasteiger partial charge in [-0.2, -0.15) is 0 Å². The number of piperidine rings is 1. The first kappa shape index (κ1) is 25.5. The van der Waals surface area contributed by atoms with E-state index in [1.54, 1.807) is 24.0 Å². The van der Waals surface area contributed by atoms with Gasteiger partial charge in [-0.05, 0) is 75.8 Å². The second-order valence-corrected chi connectivity index (χ2v) is 9.09. The largest absolute Gasteiger partial charge is 0.490 e. The van der Waals surface area contributed by atoms with Gasteiger partial charge in [0.25, 0.3) is 11.8 Å². The van der Waals surface area contributed by atoms with Crippen molar-refractivity contribution in [3.63, 3.8) is 0 Å². The molecular weight excluding hydrogens is 460 g/mol. The van der Waals surface area contributed by atoms with Crippen molar-refractivity contribution >= 4 is 23.5 Å². The van der Waals surface area contributed by atoms with E-state index in [0.717, 1.165) is 56.4 Å². The van der Waals surface area contributed by atoms with Crippen LogP contribution < -0.4 is 14.4 Å². The van der Waals surface area contributed by atoms with Crippen LogP contribution in [-0.2, 0) is 20.7 Å². The highest BCUT2D eigenvalue weighted by atomic mass is 16.5. The first-order valence-corrected chi connectivity index (χ1v) is 12.8. The molecule has 0 spiro atoms. The quantitative estimate of drug-likeness (QED) is 0.516. The van der Waals surface area contributed by atoms with Gasteiger partial charge < -0.3 is 24.0 Å². The molecule has 0 aromatic heterocycles. The average molecular weight is 495 g/mol. The van der Waals surface area contributed by atoms with E-state index in [-0.39, 0.29) is 24.0 Å². The molecule has 0 bridgehead atoms. The molecule has 36 heavy (non-hydrogen) atoms. The Hall–Kier alpha value is -3.55. The number of fused-ring (bicyclic) bond motifs is 1. The third-order valence-electron chi connectivity index (χ3n) is 6.55. The number of hydrogen-bond donors (Lipinski definition) is 0. The van der Waals surface area contributed by atoms with Crippen LogP contribution in [0.5, 0.6) is 11.5 Å². The summed E-state index contributed by atoms with van der Waals surface area (Å²) in [5.41, 5.74) is 2.23. The second kappa shape index (κ2) is 11.9. The van der Waals surface area contributed by atoms with Crippen LogP contribution in [0.2, 0.25) is 0 Å². The first-order valence-electron chi connectivity index (χ1n) is 12.8. The summed E-state index contributed by atoms with van der Waals surface area (Å²) in [6, 6.07) is 12.5. The SMILES string of the molecule is CCOc1cc(C(=O)OC(C)C(=O)N2CCCc3ccccc32)ccc1OCC(=O)N1CCCCC1. The lowest BCUT2D eigenvalue weighted by atomic mass is 10.0. The summed E-state index contributed by atoms with van der Waals surface area (Å²) in [6.45, 7) is 5.78. The lowest BCUT2D eigenvalue weighted by Crippen LogP contribution is -2.42. The van der Waals surface area contributed by atoms with Gasteiger partial charge in [0, 0.05) is 25.3 Å². The number of para-hydroxylation sites is 1. The molecule has 2 aliphatic rings. The van der Waals surface area contributed by atoms with Gasteiger partial charge in [0.2, 0.25) is 0 Å². The van der Waals surface area contributed by atoms with Crippen molar-refractivity contribution in [1.29, 1.82) is 0 Å². The van der Waals surface area contributed by atoms with E-state index in [1.165, 1.54) is 6.07 Å². The Morgan fingerprint density at radius 1 is 0.917 bits per heavy atom. The molecule has 4 rings (SSSR count). The molecule has 2 aromatic carbocycles. The Morgan fingerprint density at radius 2 is 1.69 bits per heavy atom. The van der Waals surface area contributed by atoms with Crippen molar-refractivity contribution in [2.75, 3.05) is 37.7 Å². The molecule has 2 aliphatic heterocycles. The van der Waals surface area contributed by atoms with E-state index >= 15 is 0 Å². The van der Waals surface area contributed by atoms with Crippen LogP contribution in [-0.4, -0.2) is 61.6 Å². The summed E-state index contributed by atoms with van der Waals surface area (Å²) in [5, 5.41) is 0. The van der Waals surface area contributed by atoms with Crippen LogP contribution in [0.4, 0.5) is 5.69 Å². The van der Waals surface area contributed by atoms with Gasteiger partial charge in [0.1, 0.15) is 0 Å². The number of amides is 2. The van der Waals surface area contributed by atoms with Crippen molar-refractivity contribution < 1.29 is 28.6 Å². The Kier molecular flexibility index (Phi) is 8.46. The summed E-state index contributed by atoms with van der Waals surface area (Å²) >= 11 is 0. The van der Waals surface area contributed by atoms with Crippen molar-refractivity contribution in [2.45, 2.75) is 52.1 Å². The summed E-state index contributed by atoms with van der Waals surface area (Å²) in [4.78, 5) is 41.9. The average Bonchev–Trinajstić information content (AvgIpc) is 2.92. The Balaban J connectivity index is 1.40. The van der Waals surface area contributed by atoms with Gasteiger partial charge in [-0.25, -0.2) is 4.79 Å². The lowest BCUT2D eigenvalue weighted by Gasteiger charge is -2.31. The van der Waals surface area contributed by atoms with Gasteiger partial charge in [-0.1, -0.05) is 18.2 Å². The fraction of sp³-hybridized carbons (Fsp3) is 0.464. The number of ether oxygens (including phenoxy) is 3. The smallest absolute Gasteiger partial charge is 0.339 e. The number of carbonyl (C=O) groups is 3. The van der Waals surface area contributed by atoms with Crippen molar-refractivity contribution in [2.24, 2.45) is 0 Å². The molecule has 2 aromatic rings. The number of aryl methyl sites for hydroxylation is 1.